The third-order valence-electron chi connectivity index (χ3n) is 11.3. The highest BCUT2D eigenvalue weighted by Crippen LogP contribution is 2.36. The van der Waals surface area contributed by atoms with Gasteiger partial charge in [0.1, 0.15) is 30.3 Å². The van der Waals surface area contributed by atoms with Crippen LogP contribution in [-0.2, 0) is 33.5 Å². The molecule has 0 aromatic rings. The first kappa shape index (κ1) is 43.1. The fourth-order valence-corrected chi connectivity index (χ4v) is 8.18. The van der Waals surface area contributed by atoms with Gasteiger partial charge in [0, 0.05) is 33.2 Å². The van der Waals surface area contributed by atoms with Crippen molar-refractivity contribution in [3.05, 3.63) is 0 Å². The molecule has 2 aliphatic heterocycles. The molecule has 1 aliphatic carbocycles. The number of ether oxygens (including phenoxy) is 1. The smallest absolute Gasteiger partial charge is 0.293 e. The van der Waals surface area contributed by atoms with Crippen molar-refractivity contribution in [1.29, 1.82) is 0 Å². The van der Waals surface area contributed by atoms with Gasteiger partial charge in [0.05, 0.1) is 12.0 Å². The number of nitrogens with two attached hydrogens (primary N) is 1. The maximum atomic E-state index is 14.2. The van der Waals surface area contributed by atoms with Crippen molar-refractivity contribution in [1.82, 2.24) is 31.1 Å². The summed E-state index contributed by atoms with van der Waals surface area (Å²) < 4.78 is 5.47. The minimum atomic E-state index is -1.26. The van der Waals surface area contributed by atoms with E-state index in [1.165, 1.54) is 18.2 Å². The van der Waals surface area contributed by atoms with Crippen molar-refractivity contribution in [3.63, 3.8) is 0 Å². The van der Waals surface area contributed by atoms with Crippen LogP contribution in [0, 0.1) is 29.6 Å². The van der Waals surface area contributed by atoms with E-state index in [1.807, 2.05) is 13.8 Å². The molecule has 0 aromatic carbocycles. The van der Waals surface area contributed by atoms with Crippen LogP contribution in [0.25, 0.3) is 0 Å². The maximum Gasteiger partial charge on any atom is 0.293 e. The van der Waals surface area contributed by atoms with Gasteiger partial charge in [-0.3, -0.25) is 28.8 Å². The molecule has 10 atom stereocenters. The van der Waals surface area contributed by atoms with E-state index in [2.05, 4.69) is 26.2 Å². The lowest BCUT2D eigenvalue weighted by molar-refractivity contribution is -0.150. The zero-order valence-corrected chi connectivity index (χ0v) is 32.1. The fraction of sp³-hybridized carbons (Fsp3) is 0.838. The van der Waals surface area contributed by atoms with Gasteiger partial charge < -0.3 is 46.6 Å². The Hall–Kier alpha value is -3.30. The third-order valence-corrected chi connectivity index (χ3v) is 11.3. The number of amides is 5. The van der Waals surface area contributed by atoms with Crippen LogP contribution in [-0.4, -0.2) is 127 Å². The van der Waals surface area contributed by atoms with Crippen molar-refractivity contribution < 1.29 is 38.6 Å². The number of fused-ring (bicyclic) bond motifs is 2. The number of carbonyl (C=O) groups excluding carboxylic acids is 6. The van der Waals surface area contributed by atoms with Crippen LogP contribution >= 0.6 is 0 Å². The van der Waals surface area contributed by atoms with Crippen LogP contribution in [0.4, 0.5) is 0 Å². The molecule has 5 amide bonds. The standard InChI is InChI=1S/C37H65N7O8/c1-7-39-35(49)31(24(5)46)41-33(47)28(18-38)40-36(50)32(25-11-9-8-10-12-25)42-34(48)29(17-22(2)3)43(6)37(51)23(4)30(52-21-45)14-13-26-19-44-16-15-27(26)20-44/h21-32,46H,7-20,38H2,1-6H3,(H,39,49)(H,40,50)(H,41,47)(H,42,48)/t23?,24?,26?,27?,28?,29?,30-,31?,32?/m1/s1. The van der Waals surface area contributed by atoms with Gasteiger partial charge in [0.25, 0.3) is 6.47 Å². The number of aliphatic hydroxyl groups excluding tert-OH is 1. The van der Waals surface area contributed by atoms with E-state index in [-0.39, 0.29) is 24.3 Å². The Labute approximate surface area is 309 Å². The van der Waals surface area contributed by atoms with Gasteiger partial charge in [-0.2, -0.15) is 0 Å². The number of aliphatic hydroxyl groups is 1. The normalized spacial score (nSPS) is 24.1. The second-order valence-electron chi connectivity index (χ2n) is 15.6. The van der Waals surface area contributed by atoms with Crippen molar-refractivity contribution >= 4 is 36.0 Å². The monoisotopic (exact) mass is 735 g/mol. The highest BCUT2D eigenvalue weighted by atomic mass is 16.5. The summed E-state index contributed by atoms with van der Waals surface area (Å²) in [6, 6.07) is -4.42. The Morgan fingerprint density at radius 2 is 1.63 bits per heavy atom. The Kier molecular flexibility index (Phi) is 17.3. The van der Waals surface area contributed by atoms with E-state index < -0.39 is 65.9 Å². The molecule has 7 N–H and O–H groups in total. The molecule has 0 aromatic heterocycles. The number of hydrogen-bond acceptors (Lipinski definition) is 10. The fourth-order valence-electron chi connectivity index (χ4n) is 8.18. The van der Waals surface area contributed by atoms with E-state index in [0.717, 1.165) is 45.3 Å². The summed E-state index contributed by atoms with van der Waals surface area (Å²) >= 11 is 0. The van der Waals surface area contributed by atoms with Crippen LogP contribution in [0.3, 0.4) is 0 Å². The minimum Gasteiger partial charge on any atom is -0.464 e. The molecule has 15 heteroatoms. The summed E-state index contributed by atoms with van der Waals surface area (Å²) in [5, 5.41) is 20.8. The summed E-state index contributed by atoms with van der Waals surface area (Å²) in [7, 11) is 1.57. The van der Waals surface area contributed by atoms with Gasteiger partial charge in [0.15, 0.2) is 0 Å². The summed E-state index contributed by atoms with van der Waals surface area (Å²) in [5.74, 6) is -2.48. The average Bonchev–Trinajstić information content (AvgIpc) is 3.75. The van der Waals surface area contributed by atoms with Gasteiger partial charge in [-0.05, 0) is 82.6 Å². The van der Waals surface area contributed by atoms with Crippen molar-refractivity contribution in [2.75, 3.05) is 39.8 Å². The van der Waals surface area contributed by atoms with Crippen LogP contribution in [0.1, 0.15) is 92.4 Å². The van der Waals surface area contributed by atoms with Gasteiger partial charge in [-0.25, -0.2) is 0 Å². The molecule has 0 spiro atoms. The molecule has 52 heavy (non-hydrogen) atoms. The molecule has 15 nitrogen and oxygen atoms in total. The van der Waals surface area contributed by atoms with E-state index in [4.69, 9.17) is 10.5 Å². The summed E-state index contributed by atoms with van der Waals surface area (Å²) in [6.07, 6.45) is 5.18. The number of carbonyl (C=O) groups is 6. The highest BCUT2D eigenvalue weighted by molar-refractivity contribution is 5.96. The first-order valence-corrected chi connectivity index (χ1v) is 19.4. The predicted molar refractivity (Wildman–Crippen MR) is 195 cm³/mol. The lowest BCUT2D eigenvalue weighted by atomic mass is 9.83. The lowest BCUT2D eigenvalue weighted by Crippen LogP contribution is -2.62. The van der Waals surface area contributed by atoms with Crippen LogP contribution in [0.15, 0.2) is 0 Å². The molecule has 2 saturated heterocycles. The van der Waals surface area contributed by atoms with Gasteiger partial charge in [-0.1, -0.05) is 40.0 Å². The molecule has 1 saturated carbocycles. The Balaban J connectivity index is 1.75. The quantitative estimate of drug-likeness (QED) is 0.0887. The summed E-state index contributed by atoms with van der Waals surface area (Å²) in [6.45, 7) is 12.4. The number of nitrogens with zero attached hydrogens (tertiary/aromatic N) is 2. The zero-order chi connectivity index (χ0) is 38.5. The lowest BCUT2D eigenvalue weighted by Gasteiger charge is -2.36. The van der Waals surface area contributed by atoms with Gasteiger partial charge >= 0.3 is 0 Å². The molecule has 3 aliphatic rings. The third kappa shape index (κ3) is 11.9. The zero-order valence-electron chi connectivity index (χ0n) is 32.1. The Morgan fingerprint density at radius 1 is 0.942 bits per heavy atom. The average molecular weight is 736 g/mol. The number of hydrogen-bond donors (Lipinski definition) is 6. The second kappa shape index (κ2) is 20.8. The number of piperidine rings is 1. The van der Waals surface area contributed by atoms with E-state index >= 15 is 0 Å². The van der Waals surface area contributed by atoms with Gasteiger partial charge in [-0.15, -0.1) is 0 Å². The Morgan fingerprint density at radius 3 is 2.17 bits per heavy atom. The van der Waals surface area contributed by atoms with Gasteiger partial charge in [0.2, 0.25) is 29.5 Å². The number of nitrogens with one attached hydrogen (secondary N) is 4. The maximum absolute atomic E-state index is 14.2. The molecule has 2 bridgehead atoms. The van der Waals surface area contributed by atoms with Crippen molar-refractivity contribution in [2.24, 2.45) is 35.3 Å². The van der Waals surface area contributed by atoms with Crippen molar-refractivity contribution in [2.45, 2.75) is 129 Å². The molecule has 9 unspecified atom stereocenters. The molecule has 296 valence electrons. The first-order valence-electron chi connectivity index (χ1n) is 19.4. The van der Waals surface area contributed by atoms with Crippen LogP contribution in [0.5, 0.6) is 0 Å². The summed E-state index contributed by atoms with van der Waals surface area (Å²) in [4.78, 5) is 83.1. The molecular weight excluding hydrogens is 670 g/mol. The van der Waals surface area contributed by atoms with Crippen LogP contribution < -0.4 is 27.0 Å². The highest BCUT2D eigenvalue weighted by Gasteiger charge is 2.41. The molecule has 2 heterocycles. The SMILES string of the molecule is CCNC(=O)C(NC(=O)C(CN)NC(=O)C(NC(=O)C(CC(C)C)N(C)C(=O)C(C)[C@@H](CCC1CN2CCC1C2)OC=O)C1CCCCC1)C(C)O. The largest absolute Gasteiger partial charge is 0.464 e. The summed E-state index contributed by atoms with van der Waals surface area (Å²) in [5.41, 5.74) is 5.91. The van der Waals surface area contributed by atoms with Crippen LogP contribution in [0.2, 0.25) is 0 Å². The van der Waals surface area contributed by atoms with E-state index in [1.54, 1.807) is 20.9 Å². The topological polar surface area (TPSA) is 212 Å². The first-order chi connectivity index (χ1) is 24.7. The van der Waals surface area contributed by atoms with Crippen molar-refractivity contribution in [3.8, 4) is 0 Å². The molecule has 3 fully saturated rings. The molecular formula is C37H65N7O8. The Bertz CT molecular complexity index is 1210. The molecule has 0 radical (unpaired) electrons. The number of likely N-dealkylation sites (N-methyl/N-ethyl adjacent to an activating group) is 2. The number of rotatable bonds is 21. The van der Waals surface area contributed by atoms with E-state index in [9.17, 15) is 33.9 Å². The second-order valence-corrected chi connectivity index (χ2v) is 15.6. The van der Waals surface area contributed by atoms with E-state index in [0.29, 0.717) is 50.5 Å². The predicted octanol–water partition coefficient (Wildman–Crippen LogP) is 0.279. The minimum absolute atomic E-state index is 0.0233. The molecule has 3 rings (SSSR count).